The molecule has 4 unspecified atom stereocenters. The van der Waals surface area contributed by atoms with Gasteiger partial charge in [0, 0.05) is 19.6 Å². The van der Waals surface area contributed by atoms with Gasteiger partial charge in [0.25, 0.3) is 5.79 Å². The molecular formula is C34H56O7. The monoisotopic (exact) mass is 576 g/mol. The van der Waals surface area contributed by atoms with Crippen LogP contribution in [0, 0.1) is 17.8 Å². The predicted octanol–water partition coefficient (Wildman–Crippen LogP) is 7.93. The average Bonchev–Trinajstić information content (AvgIpc) is 3.61. The Hall–Kier alpha value is -1.25. The summed E-state index contributed by atoms with van der Waals surface area (Å²) in [4.78, 5) is 12.7. The summed E-state index contributed by atoms with van der Waals surface area (Å²) in [6.07, 6.45) is 17.0. The molecule has 0 bridgehead atoms. The number of epoxide rings is 1. The Morgan fingerprint density at radius 3 is 2.29 bits per heavy atom. The molecule has 3 heterocycles. The molecule has 4 aliphatic rings. The van der Waals surface area contributed by atoms with Gasteiger partial charge >= 0.3 is 5.97 Å². The molecule has 7 heteroatoms. The van der Waals surface area contributed by atoms with Crippen molar-refractivity contribution in [3.8, 4) is 0 Å². The van der Waals surface area contributed by atoms with E-state index in [2.05, 4.69) is 33.4 Å². The number of hydrogen-bond acceptors (Lipinski definition) is 6. The van der Waals surface area contributed by atoms with E-state index >= 15 is 0 Å². The van der Waals surface area contributed by atoms with E-state index < -0.39 is 24.3 Å². The van der Waals surface area contributed by atoms with Crippen molar-refractivity contribution in [1.82, 2.24) is 0 Å². The van der Waals surface area contributed by atoms with Crippen LogP contribution in [0.4, 0.5) is 0 Å². The van der Waals surface area contributed by atoms with Gasteiger partial charge in [-0.15, -0.1) is 0 Å². The van der Waals surface area contributed by atoms with E-state index in [1.54, 1.807) is 0 Å². The maximum atomic E-state index is 12.7. The van der Waals surface area contributed by atoms with E-state index in [9.17, 15) is 9.90 Å². The molecular weight excluding hydrogens is 520 g/mol. The Labute approximate surface area is 248 Å². The summed E-state index contributed by atoms with van der Waals surface area (Å²) in [7, 11) is 0. The first-order valence-electron chi connectivity index (χ1n) is 16.5. The maximum absolute atomic E-state index is 12.7. The Morgan fingerprint density at radius 1 is 1.02 bits per heavy atom. The molecule has 234 valence electrons. The summed E-state index contributed by atoms with van der Waals surface area (Å²) in [6.45, 7) is 12.3. The standard InChI is InChI=1S/C34H56O7/c1-24(2)11-9-12-25(3)13-10-14-27-18-17-26(4)28(27)23-30-29(39-30)19-20-34(33(35)36,40-31-15-5-7-21-37-31)41-32-16-6-8-22-38-32/h11,25,27-32H,4-10,12-23H2,1-3H3,(H,35,36)/t25?,27-,28-,29?,30+,31?,32?,34?/m0/s1. The normalized spacial score (nSPS) is 32.3. The van der Waals surface area contributed by atoms with Crippen LogP contribution in [0.5, 0.6) is 0 Å². The first-order valence-corrected chi connectivity index (χ1v) is 16.5. The molecule has 0 aromatic rings. The number of carbonyl (C=O) groups is 1. The van der Waals surface area contributed by atoms with Crippen LogP contribution in [0.3, 0.4) is 0 Å². The molecule has 1 N–H and O–H groups in total. The second-order valence-electron chi connectivity index (χ2n) is 13.3. The largest absolute Gasteiger partial charge is 0.477 e. The van der Waals surface area contributed by atoms with E-state index in [4.69, 9.17) is 23.7 Å². The number of allylic oxidation sites excluding steroid dienone is 3. The first-order chi connectivity index (χ1) is 19.8. The molecule has 41 heavy (non-hydrogen) atoms. The fraction of sp³-hybridized carbons (Fsp3) is 0.853. The lowest BCUT2D eigenvalue weighted by Gasteiger charge is -2.37. The van der Waals surface area contributed by atoms with Crippen molar-refractivity contribution in [2.45, 2.75) is 154 Å². The van der Waals surface area contributed by atoms with E-state index in [1.165, 1.54) is 49.7 Å². The minimum Gasteiger partial charge on any atom is -0.477 e. The van der Waals surface area contributed by atoms with Gasteiger partial charge in [-0.05, 0) is 115 Å². The average molecular weight is 577 g/mol. The smallest absolute Gasteiger partial charge is 0.364 e. The number of carboxylic acids is 1. The summed E-state index contributed by atoms with van der Waals surface area (Å²) < 4.78 is 29.9. The van der Waals surface area contributed by atoms with Gasteiger partial charge in [0.1, 0.15) is 0 Å². The van der Waals surface area contributed by atoms with Crippen LogP contribution in [-0.2, 0) is 28.5 Å². The lowest BCUT2D eigenvalue weighted by molar-refractivity contribution is -0.352. The number of aliphatic carboxylic acids is 1. The van der Waals surface area contributed by atoms with Crippen molar-refractivity contribution in [2.24, 2.45) is 17.8 Å². The van der Waals surface area contributed by atoms with Gasteiger partial charge in [0.2, 0.25) is 0 Å². The SMILES string of the molecule is C=C1CC[C@H](CCCC(C)CCC=C(C)C)[C@H]1C[C@H]1OC1CCC(OC1CCCCO1)(OC1CCCCO1)C(=O)O. The highest BCUT2D eigenvalue weighted by Crippen LogP contribution is 2.46. The first kappa shape index (κ1) is 32.7. The second-order valence-corrected chi connectivity index (χ2v) is 13.3. The molecule has 0 spiro atoms. The molecule has 0 radical (unpaired) electrons. The third kappa shape index (κ3) is 10.2. The molecule has 0 amide bonds. The number of hydrogen-bond donors (Lipinski definition) is 1. The van der Waals surface area contributed by atoms with Gasteiger partial charge in [-0.1, -0.05) is 43.6 Å². The van der Waals surface area contributed by atoms with E-state index in [0.717, 1.165) is 44.4 Å². The van der Waals surface area contributed by atoms with Gasteiger partial charge in [-0.3, -0.25) is 0 Å². The number of carboxylic acid groups (broad SMARTS) is 1. The van der Waals surface area contributed by atoms with Gasteiger partial charge in [0.05, 0.1) is 12.2 Å². The molecule has 4 fully saturated rings. The summed E-state index contributed by atoms with van der Waals surface area (Å²) in [5.41, 5.74) is 2.78. The Bertz CT molecular complexity index is 833. The molecule has 7 atom stereocenters. The lowest BCUT2D eigenvalue weighted by atomic mass is 9.84. The Balaban J connectivity index is 1.26. The third-order valence-corrected chi connectivity index (χ3v) is 9.59. The molecule has 3 saturated heterocycles. The van der Waals surface area contributed by atoms with Crippen LogP contribution in [0.1, 0.15) is 124 Å². The Kier molecular flexibility index (Phi) is 12.7. The molecule has 4 rings (SSSR count). The molecule has 0 aromatic carbocycles. The highest BCUT2D eigenvalue weighted by atomic mass is 16.8. The topological polar surface area (TPSA) is 86.8 Å². The number of ether oxygens (including phenoxy) is 5. The predicted molar refractivity (Wildman–Crippen MR) is 159 cm³/mol. The highest BCUT2D eigenvalue weighted by molar-refractivity contribution is 5.75. The molecule has 3 aliphatic heterocycles. The Morgan fingerprint density at radius 2 is 1.71 bits per heavy atom. The van der Waals surface area contributed by atoms with Gasteiger partial charge in [0.15, 0.2) is 12.6 Å². The molecule has 1 aliphatic carbocycles. The zero-order chi connectivity index (χ0) is 29.2. The fourth-order valence-corrected chi connectivity index (χ4v) is 6.93. The zero-order valence-corrected chi connectivity index (χ0v) is 26.0. The van der Waals surface area contributed by atoms with Crippen molar-refractivity contribution in [1.29, 1.82) is 0 Å². The van der Waals surface area contributed by atoms with Crippen LogP contribution in [0.15, 0.2) is 23.8 Å². The van der Waals surface area contributed by atoms with Crippen LogP contribution >= 0.6 is 0 Å². The lowest BCUT2D eigenvalue weighted by Crippen LogP contribution is -2.51. The van der Waals surface area contributed by atoms with Gasteiger partial charge < -0.3 is 28.8 Å². The van der Waals surface area contributed by atoms with Crippen molar-refractivity contribution in [3.05, 3.63) is 23.8 Å². The van der Waals surface area contributed by atoms with Crippen LogP contribution in [-0.4, -0.2) is 54.9 Å². The van der Waals surface area contributed by atoms with Gasteiger partial charge in [-0.2, -0.15) is 0 Å². The molecule has 7 nitrogen and oxygen atoms in total. The summed E-state index contributed by atoms with van der Waals surface area (Å²) in [5, 5.41) is 10.4. The van der Waals surface area contributed by atoms with Crippen LogP contribution in [0.2, 0.25) is 0 Å². The van der Waals surface area contributed by atoms with Crippen molar-refractivity contribution in [2.75, 3.05) is 13.2 Å². The maximum Gasteiger partial charge on any atom is 0.364 e. The van der Waals surface area contributed by atoms with Gasteiger partial charge in [-0.25, -0.2) is 4.79 Å². The second kappa shape index (κ2) is 16.0. The molecule has 1 saturated carbocycles. The zero-order valence-electron chi connectivity index (χ0n) is 26.0. The highest BCUT2D eigenvalue weighted by Gasteiger charge is 2.50. The minimum absolute atomic E-state index is 0.0321. The summed E-state index contributed by atoms with van der Waals surface area (Å²) >= 11 is 0. The molecule has 0 aromatic heterocycles. The summed E-state index contributed by atoms with van der Waals surface area (Å²) in [6, 6.07) is 0. The fourth-order valence-electron chi connectivity index (χ4n) is 6.93. The van der Waals surface area contributed by atoms with Crippen molar-refractivity contribution < 1.29 is 33.6 Å². The van der Waals surface area contributed by atoms with Crippen molar-refractivity contribution in [3.63, 3.8) is 0 Å². The van der Waals surface area contributed by atoms with Crippen LogP contribution < -0.4 is 0 Å². The van der Waals surface area contributed by atoms with E-state index in [0.29, 0.717) is 44.3 Å². The number of rotatable bonds is 17. The van der Waals surface area contributed by atoms with Crippen LogP contribution in [0.25, 0.3) is 0 Å². The van der Waals surface area contributed by atoms with E-state index in [1.807, 2.05) is 0 Å². The minimum atomic E-state index is -1.79. The van der Waals surface area contributed by atoms with E-state index in [-0.39, 0.29) is 18.6 Å². The quantitative estimate of drug-likeness (QED) is 0.107. The summed E-state index contributed by atoms with van der Waals surface area (Å²) in [5.74, 6) is -0.940. The third-order valence-electron chi connectivity index (χ3n) is 9.59. The van der Waals surface area contributed by atoms with Crippen molar-refractivity contribution >= 4 is 5.97 Å².